The molecule has 1 unspecified atom stereocenters. The fourth-order valence-electron chi connectivity index (χ4n) is 3.46. The molecular weight excluding hydrogens is 318 g/mol. The summed E-state index contributed by atoms with van der Waals surface area (Å²) in [6.07, 6.45) is 1.88. The first-order valence-corrected chi connectivity index (χ1v) is 8.91. The Hall–Kier alpha value is -1.35. The monoisotopic (exact) mass is 343 g/mol. The van der Waals surface area contributed by atoms with Crippen LogP contribution in [0.15, 0.2) is 36.4 Å². The number of halogens is 1. The van der Waals surface area contributed by atoms with Crippen LogP contribution in [0.5, 0.6) is 0 Å². The van der Waals surface area contributed by atoms with Gasteiger partial charge in [0.1, 0.15) is 0 Å². The summed E-state index contributed by atoms with van der Waals surface area (Å²) in [4.78, 5) is 2.22. The lowest BCUT2D eigenvalue weighted by molar-refractivity contribution is -0.0818. The molecule has 0 spiro atoms. The van der Waals surface area contributed by atoms with Crippen molar-refractivity contribution in [1.82, 2.24) is 4.90 Å². The Balaban J connectivity index is 1.99. The molecule has 0 fully saturated rings. The van der Waals surface area contributed by atoms with Gasteiger partial charge in [0.05, 0.1) is 12.2 Å². The van der Waals surface area contributed by atoms with Crippen LogP contribution in [0.3, 0.4) is 0 Å². The van der Waals surface area contributed by atoms with Gasteiger partial charge in [-0.15, -0.1) is 0 Å². The summed E-state index contributed by atoms with van der Waals surface area (Å²) in [6.45, 7) is 6.02. The Morgan fingerprint density at radius 3 is 2.29 bits per heavy atom. The van der Waals surface area contributed by atoms with E-state index in [1.54, 1.807) is 0 Å². The summed E-state index contributed by atoms with van der Waals surface area (Å²) >= 11 is 6.09. The molecule has 1 aliphatic heterocycles. The van der Waals surface area contributed by atoms with Gasteiger partial charge in [0.2, 0.25) is 0 Å². The number of aryl methyl sites for hydroxylation is 2. The standard InChI is InChI=1S/C21H26ClNO/c1-15-11-17-13-21(9-10-23(3)4,19-5-7-20(22)8-6-19)24-14-18(17)12-16(15)2/h5-8,11-12H,9-10,13-14H2,1-4H3. The maximum Gasteiger partial charge on any atom is 0.0988 e. The number of benzene rings is 2. The Morgan fingerprint density at radius 1 is 1.04 bits per heavy atom. The fraction of sp³-hybridized carbons (Fsp3) is 0.429. The molecule has 3 rings (SSSR count). The predicted molar refractivity (Wildman–Crippen MR) is 101 cm³/mol. The molecule has 3 heteroatoms. The van der Waals surface area contributed by atoms with Gasteiger partial charge in [0.25, 0.3) is 0 Å². The van der Waals surface area contributed by atoms with Crippen molar-refractivity contribution in [1.29, 1.82) is 0 Å². The molecule has 2 aromatic rings. The van der Waals surface area contributed by atoms with Gasteiger partial charge in [-0.2, -0.15) is 0 Å². The molecule has 0 aromatic heterocycles. The summed E-state index contributed by atoms with van der Waals surface area (Å²) in [6, 6.07) is 12.8. The molecule has 0 amide bonds. The van der Waals surface area contributed by atoms with Crippen molar-refractivity contribution in [3.63, 3.8) is 0 Å². The number of nitrogens with zero attached hydrogens (tertiary/aromatic N) is 1. The van der Waals surface area contributed by atoms with Crippen LogP contribution in [0.1, 0.15) is 34.2 Å². The minimum absolute atomic E-state index is 0.274. The van der Waals surface area contributed by atoms with Crippen molar-refractivity contribution in [3.8, 4) is 0 Å². The van der Waals surface area contributed by atoms with Crippen molar-refractivity contribution in [2.45, 2.75) is 38.9 Å². The molecule has 128 valence electrons. The lowest BCUT2D eigenvalue weighted by atomic mass is 9.80. The molecule has 2 nitrogen and oxygen atoms in total. The Labute approximate surface area is 150 Å². The van der Waals surface area contributed by atoms with E-state index in [1.165, 1.54) is 27.8 Å². The second kappa shape index (κ2) is 6.87. The SMILES string of the molecule is Cc1cc2c(cc1C)CC(CCN(C)C)(c1ccc(Cl)cc1)OC2. The third-order valence-electron chi connectivity index (χ3n) is 5.13. The minimum atomic E-state index is -0.274. The highest BCUT2D eigenvalue weighted by Gasteiger charge is 2.37. The average Bonchev–Trinajstić information content (AvgIpc) is 2.55. The number of hydrogen-bond donors (Lipinski definition) is 0. The number of rotatable bonds is 4. The quantitative estimate of drug-likeness (QED) is 0.784. The van der Waals surface area contributed by atoms with Gasteiger partial charge < -0.3 is 9.64 Å². The third-order valence-corrected chi connectivity index (χ3v) is 5.38. The number of hydrogen-bond acceptors (Lipinski definition) is 2. The van der Waals surface area contributed by atoms with E-state index < -0.39 is 0 Å². The van der Waals surface area contributed by atoms with E-state index >= 15 is 0 Å². The Morgan fingerprint density at radius 2 is 1.67 bits per heavy atom. The lowest BCUT2D eigenvalue weighted by Crippen LogP contribution is -2.38. The molecule has 0 radical (unpaired) electrons. The van der Waals surface area contributed by atoms with Gasteiger partial charge in [-0.3, -0.25) is 0 Å². The highest BCUT2D eigenvalue weighted by Crippen LogP contribution is 2.40. The molecule has 0 N–H and O–H groups in total. The molecule has 0 saturated heterocycles. The molecule has 24 heavy (non-hydrogen) atoms. The first-order chi connectivity index (χ1) is 11.4. The summed E-state index contributed by atoms with van der Waals surface area (Å²) < 4.78 is 6.49. The highest BCUT2D eigenvalue weighted by atomic mass is 35.5. The van der Waals surface area contributed by atoms with Crippen molar-refractivity contribution < 1.29 is 4.74 Å². The van der Waals surface area contributed by atoms with E-state index in [1.807, 2.05) is 12.1 Å². The van der Waals surface area contributed by atoms with E-state index in [9.17, 15) is 0 Å². The maximum absolute atomic E-state index is 6.49. The second-order valence-electron chi connectivity index (χ2n) is 7.23. The predicted octanol–water partition coefficient (Wildman–Crippen LogP) is 4.88. The largest absolute Gasteiger partial charge is 0.365 e. The van der Waals surface area contributed by atoms with Crippen LogP contribution in [-0.4, -0.2) is 25.5 Å². The van der Waals surface area contributed by atoms with Crippen molar-refractivity contribution in [3.05, 3.63) is 69.2 Å². The van der Waals surface area contributed by atoms with Crippen LogP contribution in [-0.2, 0) is 23.4 Å². The lowest BCUT2D eigenvalue weighted by Gasteiger charge is -2.40. The van der Waals surface area contributed by atoms with E-state index in [0.717, 1.165) is 24.4 Å². The van der Waals surface area contributed by atoms with Gasteiger partial charge >= 0.3 is 0 Å². The van der Waals surface area contributed by atoms with Crippen LogP contribution >= 0.6 is 11.6 Å². The van der Waals surface area contributed by atoms with Crippen LogP contribution in [0.25, 0.3) is 0 Å². The van der Waals surface area contributed by atoms with E-state index in [4.69, 9.17) is 16.3 Å². The molecule has 1 atom stereocenters. The average molecular weight is 344 g/mol. The summed E-state index contributed by atoms with van der Waals surface area (Å²) in [5.41, 5.74) is 6.38. The van der Waals surface area contributed by atoms with Crippen molar-refractivity contribution in [2.24, 2.45) is 0 Å². The zero-order chi connectivity index (χ0) is 17.3. The molecule has 1 aliphatic rings. The van der Waals surface area contributed by atoms with Gasteiger partial charge in [0.15, 0.2) is 0 Å². The Bertz CT molecular complexity index is 723. The maximum atomic E-state index is 6.49. The third kappa shape index (κ3) is 3.51. The zero-order valence-corrected chi connectivity index (χ0v) is 15.8. The molecule has 0 bridgehead atoms. The molecule has 1 heterocycles. The second-order valence-corrected chi connectivity index (χ2v) is 7.66. The summed E-state index contributed by atoms with van der Waals surface area (Å²) in [5.74, 6) is 0. The molecule has 2 aromatic carbocycles. The minimum Gasteiger partial charge on any atom is -0.365 e. The van der Waals surface area contributed by atoms with Crippen molar-refractivity contribution >= 4 is 11.6 Å². The fourth-order valence-corrected chi connectivity index (χ4v) is 3.58. The van der Waals surface area contributed by atoms with Crippen LogP contribution in [0.2, 0.25) is 5.02 Å². The normalized spacial score (nSPS) is 20.2. The molecule has 0 saturated carbocycles. The highest BCUT2D eigenvalue weighted by molar-refractivity contribution is 6.30. The van der Waals surface area contributed by atoms with Gasteiger partial charge in [-0.05, 0) is 74.3 Å². The molecular formula is C21H26ClNO. The summed E-state index contributed by atoms with van der Waals surface area (Å²) in [7, 11) is 4.22. The van der Waals surface area contributed by atoms with Crippen LogP contribution in [0, 0.1) is 13.8 Å². The van der Waals surface area contributed by atoms with Crippen LogP contribution in [0.4, 0.5) is 0 Å². The van der Waals surface area contributed by atoms with Crippen molar-refractivity contribution in [2.75, 3.05) is 20.6 Å². The first-order valence-electron chi connectivity index (χ1n) is 8.53. The first kappa shape index (κ1) is 17.5. The van der Waals surface area contributed by atoms with E-state index in [2.05, 4.69) is 57.1 Å². The summed E-state index contributed by atoms with van der Waals surface area (Å²) in [5, 5.41) is 0.768. The van der Waals surface area contributed by atoms with Gasteiger partial charge in [-0.25, -0.2) is 0 Å². The zero-order valence-electron chi connectivity index (χ0n) is 15.0. The topological polar surface area (TPSA) is 12.5 Å². The van der Waals surface area contributed by atoms with E-state index in [0.29, 0.717) is 6.61 Å². The van der Waals surface area contributed by atoms with Gasteiger partial charge in [-0.1, -0.05) is 35.9 Å². The number of fused-ring (bicyclic) bond motifs is 1. The Kier molecular flexibility index (Phi) is 5.00. The molecule has 0 aliphatic carbocycles. The van der Waals surface area contributed by atoms with Crippen LogP contribution < -0.4 is 0 Å². The smallest absolute Gasteiger partial charge is 0.0988 e. The number of ether oxygens (including phenoxy) is 1. The van der Waals surface area contributed by atoms with E-state index in [-0.39, 0.29) is 5.60 Å². The van der Waals surface area contributed by atoms with Gasteiger partial charge in [0, 0.05) is 18.0 Å².